The van der Waals surface area contributed by atoms with Crippen LogP contribution < -0.4 is 11.1 Å². The first-order valence-electron chi connectivity index (χ1n) is 11.5. The number of amides is 2. The van der Waals surface area contributed by atoms with Crippen molar-refractivity contribution in [1.29, 1.82) is 0 Å². The highest BCUT2D eigenvalue weighted by Gasteiger charge is 2.38. The lowest BCUT2D eigenvalue weighted by atomic mass is 9.73. The van der Waals surface area contributed by atoms with Crippen molar-refractivity contribution >= 4 is 34.2 Å². The SMILES string of the molecule is CC1CCN(C(=O)Cc2csc(NC(=O)c3n[nH]c4c3C(C)(C)Cc3cnc(N)nc3-4)n2)CC1. The van der Waals surface area contributed by atoms with E-state index in [0.717, 1.165) is 37.1 Å². The molecule has 178 valence electrons. The van der Waals surface area contributed by atoms with Crippen LogP contribution in [-0.4, -0.2) is 55.0 Å². The van der Waals surface area contributed by atoms with Crippen LogP contribution in [0.2, 0.25) is 0 Å². The third-order valence-corrected chi connectivity index (χ3v) is 7.46. The molecule has 1 aliphatic heterocycles. The highest BCUT2D eigenvalue weighted by Crippen LogP contribution is 2.42. The van der Waals surface area contributed by atoms with Crippen LogP contribution in [0.4, 0.5) is 11.1 Å². The van der Waals surface area contributed by atoms with Crippen LogP contribution in [-0.2, 0) is 23.1 Å². The predicted octanol–water partition coefficient (Wildman–Crippen LogP) is 2.79. The lowest BCUT2D eigenvalue weighted by Crippen LogP contribution is -2.38. The number of nitrogens with zero attached hydrogens (tertiary/aromatic N) is 5. The third-order valence-electron chi connectivity index (χ3n) is 6.65. The minimum atomic E-state index is -0.353. The Morgan fingerprint density at radius 3 is 2.82 bits per heavy atom. The molecule has 1 fully saturated rings. The Labute approximate surface area is 201 Å². The molecule has 5 rings (SSSR count). The molecule has 10 nitrogen and oxygen atoms in total. The molecule has 3 aromatic heterocycles. The van der Waals surface area contributed by atoms with Gasteiger partial charge in [0.1, 0.15) is 0 Å². The van der Waals surface area contributed by atoms with Crippen LogP contribution in [0.3, 0.4) is 0 Å². The van der Waals surface area contributed by atoms with E-state index < -0.39 is 0 Å². The van der Waals surface area contributed by atoms with Gasteiger partial charge in [-0.1, -0.05) is 20.8 Å². The molecule has 11 heteroatoms. The van der Waals surface area contributed by atoms with Gasteiger partial charge in [-0.2, -0.15) is 5.10 Å². The minimum Gasteiger partial charge on any atom is -0.368 e. The van der Waals surface area contributed by atoms with Gasteiger partial charge < -0.3 is 10.6 Å². The minimum absolute atomic E-state index is 0.0816. The molecule has 2 aliphatic rings. The van der Waals surface area contributed by atoms with E-state index in [9.17, 15) is 9.59 Å². The number of anilines is 2. The first-order chi connectivity index (χ1) is 16.2. The van der Waals surface area contributed by atoms with E-state index in [4.69, 9.17) is 5.73 Å². The molecule has 0 unspecified atom stereocenters. The quantitative estimate of drug-likeness (QED) is 0.521. The summed E-state index contributed by atoms with van der Waals surface area (Å²) in [5.74, 6) is 0.571. The van der Waals surface area contributed by atoms with Crippen molar-refractivity contribution in [2.24, 2.45) is 5.92 Å². The summed E-state index contributed by atoms with van der Waals surface area (Å²) in [7, 11) is 0. The molecule has 1 aliphatic carbocycles. The van der Waals surface area contributed by atoms with Crippen molar-refractivity contribution in [3.63, 3.8) is 0 Å². The number of piperidine rings is 1. The van der Waals surface area contributed by atoms with Gasteiger partial charge in [-0.25, -0.2) is 15.0 Å². The van der Waals surface area contributed by atoms with Gasteiger partial charge in [0.05, 0.1) is 23.5 Å². The van der Waals surface area contributed by atoms with E-state index >= 15 is 0 Å². The normalized spacial score (nSPS) is 17.2. The standard InChI is InChI=1S/C23H28N8O2S/c1-12-4-6-31(7-5-12)15(32)8-14-11-34-22(26-14)28-20(33)19-16-18(29-30-19)17-13(9-23(16,2)3)10-25-21(24)27-17/h10-12H,4-9H2,1-3H3,(H,29,30)(H2,24,25,27)(H,26,28,33). The van der Waals surface area contributed by atoms with E-state index in [-0.39, 0.29) is 29.6 Å². The molecule has 3 aromatic rings. The fourth-order valence-corrected chi connectivity index (χ4v) is 5.50. The number of hydrogen-bond donors (Lipinski definition) is 3. The van der Waals surface area contributed by atoms with E-state index in [1.165, 1.54) is 11.3 Å². The number of thiazole rings is 1. The van der Waals surface area contributed by atoms with Crippen molar-refractivity contribution in [3.05, 3.63) is 34.1 Å². The Bertz CT molecular complexity index is 1260. The van der Waals surface area contributed by atoms with Crippen molar-refractivity contribution in [2.75, 3.05) is 24.1 Å². The van der Waals surface area contributed by atoms with Crippen molar-refractivity contribution in [1.82, 2.24) is 30.0 Å². The molecular weight excluding hydrogens is 452 g/mol. The number of H-pyrrole nitrogens is 1. The maximum atomic E-state index is 13.2. The lowest BCUT2D eigenvalue weighted by molar-refractivity contribution is -0.131. The average Bonchev–Trinajstić information content (AvgIpc) is 3.42. The van der Waals surface area contributed by atoms with Gasteiger partial charge >= 0.3 is 0 Å². The van der Waals surface area contributed by atoms with Crippen LogP contribution >= 0.6 is 11.3 Å². The first-order valence-corrected chi connectivity index (χ1v) is 12.3. The Morgan fingerprint density at radius 1 is 1.29 bits per heavy atom. The van der Waals surface area contributed by atoms with Gasteiger partial charge in [0.15, 0.2) is 10.8 Å². The smallest absolute Gasteiger partial charge is 0.278 e. The molecule has 1 saturated heterocycles. The zero-order valence-corrected chi connectivity index (χ0v) is 20.3. The fraction of sp³-hybridized carbons (Fsp3) is 0.478. The number of aromatic nitrogens is 5. The molecular formula is C23H28N8O2S. The Hall–Kier alpha value is -3.34. The van der Waals surface area contributed by atoms with Crippen LogP contribution in [0.15, 0.2) is 11.6 Å². The summed E-state index contributed by atoms with van der Waals surface area (Å²) < 4.78 is 0. The van der Waals surface area contributed by atoms with Crippen LogP contribution in [0.5, 0.6) is 0 Å². The average molecular weight is 481 g/mol. The maximum Gasteiger partial charge on any atom is 0.278 e. The molecule has 4 heterocycles. The van der Waals surface area contributed by atoms with Crippen molar-refractivity contribution in [3.8, 4) is 11.4 Å². The van der Waals surface area contributed by atoms with Gasteiger partial charge in [0.25, 0.3) is 5.91 Å². The molecule has 0 spiro atoms. The zero-order valence-electron chi connectivity index (χ0n) is 19.5. The number of carbonyl (C=O) groups excluding carboxylic acids is 2. The van der Waals surface area contributed by atoms with Gasteiger partial charge in [-0.15, -0.1) is 11.3 Å². The number of nitrogen functional groups attached to an aromatic ring is 1. The molecule has 0 atom stereocenters. The molecule has 0 bridgehead atoms. The third kappa shape index (κ3) is 4.15. The maximum absolute atomic E-state index is 13.2. The number of hydrogen-bond acceptors (Lipinski definition) is 8. The first kappa shape index (κ1) is 22.5. The van der Waals surface area contributed by atoms with Crippen molar-refractivity contribution < 1.29 is 9.59 Å². The molecule has 4 N–H and O–H groups in total. The van der Waals surface area contributed by atoms with E-state index in [0.29, 0.717) is 40.2 Å². The molecule has 0 radical (unpaired) electrons. The van der Waals surface area contributed by atoms with Gasteiger partial charge in [0.2, 0.25) is 11.9 Å². The zero-order chi connectivity index (χ0) is 24.0. The summed E-state index contributed by atoms with van der Waals surface area (Å²) in [6.45, 7) is 7.94. The number of nitrogens with one attached hydrogen (secondary N) is 2. The summed E-state index contributed by atoms with van der Waals surface area (Å²) in [6.07, 6.45) is 4.71. The van der Waals surface area contributed by atoms with E-state index in [2.05, 4.69) is 51.2 Å². The summed E-state index contributed by atoms with van der Waals surface area (Å²) >= 11 is 1.30. The molecule has 0 aromatic carbocycles. The number of nitrogens with two attached hydrogens (primary N) is 1. The molecule has 34 heavy (non-hydrogen) atoms. The number of rotatable bonds is 4. The van der Waals surface area contributed by atoms with E-state index in [1.54, 1.807) is 6.20 Å². The Kier molecular flexibility index (Phi) is 5.59. The largest absolute Gasteiger partial charge is 0.368 e. The molecule has 2 amide bonds. The number of carbonyl (C=O) groups is 2. The summed E-state index contributed by atoms with van der Waals surface area (Å²) in [6, 6.07) is 0. The number of aromatic amines is 1. The van der Waals surface area contributed by atoms with Crippen molar-refractivity contribution in [2.45, 2.75) is 51.9 Å². The summed E-state index contributed by atoms with van der Waals surface area (Å²) in [5.41, 5.74) is 9.52. The summed E-state index contributed by atoms with van der Waals surface area (Å²) in [4.78, 5) is 40.6. The van der Waals surface area contributed by atoms with Gasteiger partial charge in [-0.3, -0.25) is 20.0 Å². The summed E-state index contributed by atoms with van der Waals surface area (Å²) in [5, 5.41) is 12.4. The lowest BCUT2D eigenvalue weighted by Gasteiger charge is -2.31. The highest BCUT2D eigenvalue weighted by atomic mass is 32.1. The second-order valence-corrected chi connectivity index (χ2v) is 10.7. The Balaban J connectivity index is 1.32. The second kappa shape index (κ2) is 8.46. The monoisotopic (exact) mass is 480 g/mol. The topological polar surface area (TPSA) is 143 Å². The fourth-order valence-electron chi connectivity index (χ4n) is 4.79. The van der Waals surface area contributed by atoms with Gasteiger partial charge in [-0.05, 0) is 36.2 Å². The van der Waals surface area contributed by atoms with Gasteiger partial charge in [0, 0.05) is 30.2 Å². The number of fused-ring (bicyclic) bond motifs is 3. The second-order valence-electron chi connectivity index (χ2n) is 9.82. The Morgan fingerprint density at radius 2 is 2.06 bits per heavy atom. The van der Waals surface area contributed by atoms with Crippen LogP contribution in [0, 0.1) is 5.92 Å². The highest BCUT2D eigenvalue weighted by molar-refractivity contribution is 7.14. The molecule has 0 saturated carbocycles. The van der Waals surface area contributed by atoms with E-state index in [1.807, 2.05) is 10.3 Å². The predicted molar refractivity (Wildman–Crippen MR) is 130 cm³/mol. The van der Waals surface area contributed by atoms with Crippen LogP contribution in [0.25, 0.3) is 11.4 Å². The van der Waals surface area contributed by atoms with Crippen LogP contribution in [0.1, 0.15) is 60.9 Å². The number of likely N-dealkylation sites (tertiary alicyclic amines) is 1.